The molecule has 1 atom stereocenters. The van der Waals surface area contributed by atoms with Crippen LogP contribution in [0.25, 0.3) is 0 Å². The number of nitrogens with two attached hydrogens (primary N) is 1. The summed E-state index contributed by atoms with van der Waals surface area (Å²) in [4.78, 5) is 0. The van der Waals surface area contributed by atoms with Crippen molar-refractivity contribution in [2.45, 2.75) is 26.3 Å². The Labute approximate surface area is 123 Å². The minimum atomic E-state index is -0.326. The molecule has 0 fully saturated rings. The Morgan fingerprint density at radius 3 is 2.52 bits per heavy atom. The average Bonchev–Trinajstić information content (AvgIpc) is 2.44. The van der Waals surface area contributed by atoms with Crippen LogP contribution in [0.5, 0.6) is 11.5 Å². The lowest BCUT2D eigenvalue weighted by Crippen LogP contribution is -2.08. The number of benzene rings is 2. The zero-order chi connectivity index (χ0) is 15.4. The van der Waals surface area contributed by atoms with Gasteiger partial charge in [0.05, 0.1) is 12.5 Å². The standard InChI is InChI=1S/C17H17FN2O/c1-11-9-17(15(12(2)20)10-16(11)18)21-14-5-3-13(4-6-14)7-8-19/h3-6,9-10,12H,7,20H2,1-2H3/t12-/m0/s1. The van der Waals surface area contributed by atoms with Crippen molar-refractivity contribution >= 4 is 0 Å². The third-order valence-electron chi connectivity index (χ3n) is 3.22. The maximum Gasteiger partial charge on any atom is 0.132 e. The first-order valence-electron chi connectivity index (χ1n) is 6.70. The van der Waals surface area contributed by atoms with Gasteiger partial charge >= 0.3 is 0 Å². The van der Waals surface area contributed by atoms with E-state index in [1.165, 1.54) is 6.07 Å². The summed E-state index contributed by atoms with van der Waals surface area (Å²) in [5.74, 6) is 0.889. The van der Waals surface area contributed by atoms with Gasteiger partial charge in [-0.25, -0.2) is 4.39 Å². The van der Waals surface area contributed by atoms with Crippen molar-refractivity contribution in [2.24, 2.45) is 5.73 Å². The van der Waals surface area contributed by atoms with E-state index in [1.54, 1.807) is 32.0 Å². The van der Waals surface area contributed by atoms with E-state index in [4.69, 9.17) is 15.7 Å². The third-order valence-corrected chi connectivity index (χ3v) is 3.22. The number of ether oxygens (including phenoxy) is 1. The van der Waals surface area contributed by atoms with Crippen LogP contribution >= 0.6 is 0 Å². The Balaban J connectivity index is 2.30. The van der Waals surface area contributed by atoms with E-state index in [0.717, 1.165) is 5.56 Å². The Hall–Kier alpha value is -2.38. The maximum atomic E-state index is 13.7. The van der Waals surface area contributed by atoms with Crippen LogP contribution in [0.4, 0.5) is 4.39 Å². The van der Waals surface area contributed by atoms with Gasteiger partial charge in [-0.1, -0.05) is 12.1 Å². The number of halogens is 1. The Bertz CT molecular complexity index is 672. The van der Waals surface area contributed by atoms with Gasteiger partial charge in [-0.15, -0.1) is 0 Å². The first-order chi connectivity index (χ1) is 10.0. The van der Waals surface area contributed by atoms with Crippen molar-refractivity contribution in [1.82, 2.24) is 0 Å². The predicted octanol–water partition coefficient (Wildman–Crippen LogP) is 4.01. The van der Waals surface area contributed by atoms with Crippen LogP contribution in [0.3, 0.4) is 0 Å². The number of nitrogens with zero attached hydrogens (tertiary/aromatic N) is 1. The molecule has 0 amide bonds. The van der Waals surface area contributed by atoms with Crippen molar-refractivity contribution in [3.05, 3.63) is 58.9 Å². The van der Waals surface area contributed by atoms with Gasteiger partial charge in [0, 0.05) is 11.6 Å². The topological polar surface area (TPSA) is 59.0 Å². The molecule has 0 spiro atoms. The summed E-state index contributed by atoms with van der Waals surface area (Å²) in [5, 5.41) is 8.65. The van der Waals surface area contributed by atoms with E-state index >= 15 is 0 Å². The van der Waals surface area contributed by atoms with Gasteiger partial charge in [-0.3, -0.25) is 0 Å². The summed E-state index contributed by atoms with van der Waals surface area (Å²) in [7, 11) is 0. The molecule has 0 heterocycles. The molecule has 3 nitrogen and oxygen atoms in total. The molecule has 0 bridgehead atoms. The van der Waals surface area contributed by atoms with Gasteiger partial charge in [0.1, 0.15) is 17.3 Å². The van der Waals surface area contributed by atoms with Crippen LogP contribution in [0, 0.1) is 24.1 Å². The van der Waals surface area contributed by atoms with Crippen molar-refractivity contribution in [3.63, 3.8) is 0 Å². The summed E-state index contributed by atoms with van der Waals surface area (Å²) < 4.78 is 19.5. The van der Waals surface area contributed by atoms with Gasteiger partial charge in [0.15, 0.2) is 0 Å². The summed E-state index contributed by atoms with van der Waals surface area (Å²) in [6.45, 7) is 3.47. The number of hydrogen-bond acceptors (Lipinski definition) is 3. The first kappa shape index (κ1) is 15.0. The number of nitriles is 1. The van der Waals surface area contributed by atoms with E-state index in [1.807, 2.05) is 12.1 Å². The Kier molecular flexibility index (Phi) is 4.56. The number of hydrogen-bond donors (Lipinski definition) is 1. The lowest BCUT2D eigenvalue weighted by atomic mass is 10.0. The van der Waals surface area contributed by atoms with Crippen LogP contribution in [0.1, 0.15) is 29.7 Å². The second-order valence-corrected chi connectivity index (χ2v) is 5.01. The SMILES string of the molecule is Cc1cc(Oc2ccc(CC#N)cc2)c([C@H](C)N)cc1F. The fourth-order valence-corrected chi connectivity index (χ4v) is 2.01. The average molecular weight is 284 g/mol. The van der Waals surface area contributed by atoms with E-state index in [9.17, 15) is 4.39 Å². The van der Waals surface area contributed by atoms with Gasteiger partial charge in [0.25, 0.3) is 0 Å². The second kappa shape index (κ2) is 6.38. The molecule has 0 saturated carbocycles. The van der Waals surface area contributed by atoms with Crippen LogP contribution in [0.2, 0.25) is 0 Å². The van der Waals surface area contributed by atoms with Crippen molar-refractivity contribution in [1.29, 1.82) is 5.26 Å². The van der Waals surface area contributed by atoms with E-state index in [2.05, 4.69) is 6.07 Å². The summed E-state index contributed by atoms with van der Waals surface area (Å²) in [6, 6.07) is 12.1. The van der Waals surface area contributed by atoms with E-state index in [0.29, 0.717) is 29.0 Å². The molecule has 0 aliphatic carbocycles. The highest BCUT2D eigenvalue weighted by Crippen LogP contribution is 2.31. The van der Waals surface area contributed by atoms with Gasteiger partial charge in [-0.05, 0) is 49.2 Å². The highest BCUT2D eigenvalue weighted by molar-refractivity contribution is 5.43. The molecule has 0 aliphatic heterocycles. The van der Waals surface area contributed by atoms with Crippen molar-refractivity contribution < 1.29 is 9.13 Å². The second-order valence-electron chi connectivity index (χ2n) is 5.01. The fourth-order valence-electron chi connectivity index (χ4n) is 2.01. The zero-order valence-electron chi connectivity index (χ0n) is 12.1. The summed E-state index contributed by atoms with van der Waals surface area (Å²) >= 11 is 0. The zero-order valence-corrected chi connectivity index (χ0v) is 12.1. The van der Waals surface area contributed by atoms with Crippen LogP contribution < -0.4 is 10.5 Å². The molecule has 0 saturated heterocycles. The number of aryl methyl sites for hydroxylation is 1. The molecular weight excluding hydrogens is 267 g/mol. The predicted molar refractivity (Wildman–Crippen MR) is 79.6 cm³/mol. The molecule has 108 valence electrons. The molecule has 0 unspecified atom stereocenters. The minimum absolute atomic E-state index is 0.293. The molecule has 2 aromatic carbocycles. The molecule has 2 aromatic rings. The van der Waals surface area contributed by atoms with Crippen molar-refractivity contribution in [2.75, 3.05) is 0 Å². The molecule has 0 aliphatic rings. The smallest absolute Gasteiger partial charge is 0.132 e. The highest BCUT2D eigenvalue weighted by Gasteiger charge is 2.13. The summed E-state index contributed by atoms with van der Waals surface area (Å²) in [5.41, 5.74) is 7.93. The third kappa shape index (κ3) is 3.59. The molecular formula is C17H17FN2O. The molecule has 4 heteroatoms. The van der Waals surface area contributed by atoms with E-state index in [-0.39, 0.29) is 11.9 Å². The number of rotatable bonds is 4. The largest absolute Gasteiger partial charge is 0.457 e. The Morgan fingerprint density at radius 2 is 1.95 bits per heavy atom. The molecule has 0 radical (unpaired) electrons. The molecule has 0 aromatic heterocycles. The lowest BCUT2D eigenvalue weighted by molar-refractivity contribution is 0.468. The lowest BCUT2D eigenvalue weighted by Gasteiger charge is -2.15. The molecule has 2 N–H and O–H groups in total. The van der Waals surface area contributed by atoms with Gasteiger partial charge in [-0.2, -0.15) is 5.26 Å². The summed E-state index contributed by atoms with van der Waals surface area (Å²) in [6.07, 6.45) is 0.362. The highest BCUT2D eigenvalue weighted by atomic mass is 19.1. The van der Waals surface area contributed by atoms with E-state index < -0.39 is 0 Å². The normalized spacial score (nSPS) is 11.8. The van der Waals surface area contributed by atoms with Crippen LogP contribution in [-0.4, -0.2) is 0 Å². The first-order valence-corrected chi connectivity index (χ1v) is 6.70. The Morgan fingerprint density at radius 1 is 1.29 bits per heavy atom. The van der Waals surface area contributed by atoms with Gasteiger partial charge in [0.2, 0.25) is 0 Å². The fraction of sp³-hybridized carbons (Fsp3) is 0.235. The monoisotopic (exact) mass is 284 g/mol. The maximum absolute atomic E-state index is 13.7. The van der Waals surface area contributed by atoms with Crippen molar-refractivity contribution in [3.8, 4) is 17.6 Å². The van der Waals surface area contributed by atoms with Crippen LogP contribution in [0.15, 0.2) is 36.4 Å². The quantitative estimate of drug-likeness (QED) is 0.922. The van der Waals surface area contributed by atoms with Crippen LogP contribution in [-0.2, 0) is 6.42 Å². The molecule has 21 heavy (non-hydrogen) atoms. The minimum Gasteiger partial charge on any atom is -0.457 e. The molecule has 2 rings (SSSR count). The van der Waals surface area contributed by atoms with Gasteiger partial charge < -0.3 is 10.5 Å².